The number of nitrogens with one attached hydrogen (secondary N) is 2. The maximum Gasteiger partial charge on any atom is 0.348 e. The Morgan fingerprint density at radius 1 is 1.29 bits per heavy atom. The normalized spacial score (nSPS) is 25.3. The van der Waals surface area contributed by atoms with E-state index in [4.69, 9.17) is 9.47 Å². The number of halogens is 1. The number of carbonyl (C=O) groups excluding carboxylic acids is 1. The molecular formula is C21H29FN2O3S+2. The van der Waals surface area contributed by atoms with Gasteiger partial charge >= 0.3 is 5.97 Å². The highest BCUT2D eigenvalue weighted by molar-refractivity contribution is 7.21. The second kappa shape index (κ2) is 8.86. The van der Waals surface area contributed by atoms with E-state index < -0.39 is 0 Å². The Balaban J connectivity index is 1.48. The molecule has 1 atom stereocenters. The molecule has 0 aliphatic carbocycles. The maximum absolute atomic E-state index is 14.6. The predicted octanol–water partition coefficient (Wildman–Crippen LogP) is 0.680. The van der Waals surface area contributed by atoms with Crippen LogP contribution in [-0.4, -0.2) is 58.0 Å². The van der Waals surface area contributed by atoms with Crippen LogP contribution in [0.5, 0.6) is 0 Å². The van der Waals surface area contributed by atoms with Crippen molar-refractivity contribution in [3.63, 3.8) is 0 Å². The minimum Gasteiger partial charge on any atom is -0.462 e. The average molecular weight is 409 g/mol. The molecule has 0 bridgehead atoms. The SMILES string of the molecule is CCOC(=O)c1sc2cccc(F)c2c1C[NH+]1CC[NH+](C[C@H]2CCCO2)CC1. The highest BCUT2D eigenvalue weighted by Gasteiger charge is 2.30. The van der Waals surface area contributed by atoms with Crippen molar-refractivity contribution in [3.05, 3.63) is 34.5 Å². The second-order valence-electron chi connectivity index (χ2n) is 7.76. The van der Waals surface area contributed by atoms with Crippen molar-refractivity contribution >= 4 is 27.4 Å². The zero-order chi connectivity index (χ0) is 19.5. The van der Waals surface area contributed by atoms with Crippen LogP contribution in [0.15, 0.2) is 18.2 Å². The fourth-order valence-corrected chi connectivity index (χ4v) is 5.54. The zero-order valence-corrected chi connectivity index (χ0v) is 17.2. The number of ether oxygens (including phenoxy) is 2. The molecule has 28 heavy (non-hydrogen) atoms. The number of hydrogen-bond acceptors (Lipinski definition) is 4. The topological polar surface area (TPSA) is 44.4 Å². The third kappa shape index (κ3) is 4.22. The molecule has 3 heterocycles. The van der Waals surface area contributed by atoms with Crippen LogP contribution in [0.1, 0.15) is 35.0 Å². The lowest BCUT2D eigenvalue weighted by molar-refractivity contribution is -1.02. The molecule has 2 aromatic rings. The number of fused-ring (bicyclic) bond motifs is 1. The smallest absolute Gasteiger partial charge is 0.348 e. The molecule has 5 nitrogen and oxygen atoms in total. The van der Waals surface area contributed by atoms with Crippen LogP contribution < -0.4 is 9.80 Å². The number of rotatable bonds is 6. The highest BCUT2D eigenvalue weighted by atomic mass is 32.1. The van der Waals surface area contributed by atoms with Crippen LogP contribution in [-0.2, 0) is 16.0 Å². The molecular weight excluding hydrogens is 379 g/mol. The van der Waals surface area contributed by atoms with E-state index in [0.717, 1.165) is 49.6 Å². The predicted molar refractivity (Wildman–Crippen MR) is 107 cm³/mol. The van der Waals surface area contributed by atoms with E-state index in [1.54, 1.807) is 17.9 Å². The first kappa shape index (κ1) is 19.8. The van der Waals surface area contributed by atoms with E-state index in [1.165, 1.54) is 35.1 Å². The van der Waals surface area contributed by atoms with Crippen LogP contribution in [0.2, 0.25) is 0 Å². The third-order valence-electron chi connectivity index (χ3n) is 5.86. The quantitative estimate of drug-likeness (QED) is 0.691. The van der Waals surface area contributed by atoms with E-state index in [2.05, 4.69) is 0 Å². The second-order valence-corrected chi connectivity index (χ2v) is 8.81. The molecule has 2 N–H and O–H groups in total. The summed E-state index contributed by atoms with van der Waals surface area (Å²) >= 11 is 1.35. The van der Waals surface area contributed by atoms with E-state index in [9.17, 15) is 9.18 Å². The number of esters is 1. The van der Waals surface area contributed by atoms with Gasteiger partial charge in [-0.25, -0.2) is 9.18 Å². The van der Waals surface area contributed by atoms with Crippen molar-refractivity contribution in [2.75, 3.05) is 45.9 Å². The van der Waals surface area contributed by atoms with Crippen LogP contribution in [0.25, 0.3) is 10.1 Å². The first-order chi connectivity index (χ1) is 13.7. The molecule has 1 aromatic heterocycles. The fraction of sp³-hybridized carbons (Fsp3) is 0.571. The monoisotopic (exact) mass is 408 g/mol. The number of benzene rings is 1. The van der Waals surface area contributed by atoms with Crippen molar-refractivity contribution in [2.24, 2.45) is 0 Å². The van der Waals surface area contributed by atoms with E-state index in [1.807, 2.05) is 6.07 Å². The first-order valence-corrected chi connectivity index (χ1v) is 11.1. The van der Waals surface area contributed by atoms with E-state index in [0.29, 0.717) is 29.5 Å². The Labute approximate surface area is 169 Å². The third-order valence-corrected chi connectivity index (χ3v) is 7.03. The largest absolute Gasteiger partial charge is 0.462 e. The van der Waals surface area contributed by atoms with Crippen molar-refractivity contribution in [1.29, 1.82) is 0 Å². The lowest BCUT2D eigenvalue weighted by atomic mass is 10.1. The van der Waals surface area contributed by atoms with Gasteiger partial charge in [0.2, 0.25) is 0 Å². The fourth-order valence-electron chi connectivity index (χ4n) is 4.41. The van der Waals surface area contributed by atoms with E-state index >= 15 is 0 Å². The molecule has 2 aliphatic rings. The molecule has 2 fully saturated rings. The zero-order valence-electron chi connectivity index (χ0n) is 16.4. The average Bonchev–Trinajstić information content (AvgIpc) is 3.32. The van der Waals surface area contributed by atoms with Crippen LogP contribution >= 0.6 is 11.3 Å². The summed E-state index contributed by atoms with van der Waals surface area (Å²) in [6.07, 6.45) is 2.79. The van der Waals surface area contributed by atoms with Gasteiger partial charge in [-0.05, 0) is 31.9 Å². The van der Waals surface area contributed by atoms with Crippen LogP contribution in [0.4, 0.5) is 4.39 Å². The minimum atomic E-state index is -0.333. The Morgan fingerprint density at radius 3 is 2.79 bits per heavy atom. The van der Waals surface area contributed by atoms with Gasteiger partial charge in [0.15, 0.2) is 0 Å². The molecule has 0 spiro atoms. The van der Waals surface area contributed by atoms with Crippen LogP contribution in [0, 0.1) is 5.82 Å². The summed E-state index contributed by atoms with van der Waals surface area (Å²) < 4.78 is 26.4. The lowest BCUT2D eigenvalue weighted by Crippen LogP contribution is -3.28. The van der Waals surface area contributed by atoms with Crippen molar-refractivity contribution < 1.29 is 28.5 Å². The molecule has 7 heteroatoms. The van der Waals surface area contributed by atoms with Gasteiger partial charge < -0.3 is 19.3 Å². The Bertz CT molecular complexity index is 826. The van der Waals surface area contributed by atoms with Crippen LogP contribution in [0.3, 0.4) is 0 Å². The van der Waals surface area contributed by atoms with Gasteiger partial charge in [-0.1, -0.05) is 6.07 Å². The lowest BCUT2D eigenvalue weighted by Gasteiger charge is -2.31. The maximum atomic E-state index is 14.6. The Morgan fingerprint density at radius 2 is 2.07 bits per heavy atom. The summed E-state index contributed by atoms with van der Waals surface area (Å²) in [5, 5.41) is 0.595. The first-order valence-electron chi connectivity index (χ1n) is 10.3. The molecule has 2 saturated heterocycles. The molecule has 152 valence electrons. The molecule has 2 aliphatic heterocycles. The number of piperazine rings is 1. The van der Waals surface area contributed by atoms with Crippen molar-refractivity contribution in [2.45, 2.75) is 32.4 Å². The van der Waals surface area contributed by atoms with Gasteiger partial charge in [-0.2, -0.15) is 0 Å². The number of thiophene rings is 1. The van der Waals surface area contributed by atoms with Gasteiger partial charge in [0.05, 0.1) is 6.61 Å². The Hall–Kier alpha value is -1.54. The number of quaternary nitrogens is 2. The van der Waals surface area contributed by atoms with Gasteiger partial charge in [0.25, 0.3) is 0 Å². The van der Waals surface area contributed by atoms with E-state index in [-0.39, 0.29) is 11.8 Å². The molecule has 0 unspecified atom stereocenters. The molecule has 4 rings (SSSR count). The summed E-state index contributed by atoms with van der Waals surface area (Å²) in [5.41, 5.74) is 0.814. The van der Waals surface area contributed by atoms with Gasteiger partial charge in [0.1, 0.15) is 56.1 Å². The molecule has 1 aromatic carbocycles. The minimum absolute atomic E-state index is 0.249. The summed E-state index contributed by atoms with van der Waals surface area (Å²) in [6.45, 7) is 9.03. The summed E-state index contributed by atoms with van der Waals surface area (Å²) in [5.74, 6) is -0.582. The van der Waals surface area contributed by atoms with Crippen molar-refractivity contribution in [1.82, 2.24) is 0 Å². The molecule has 0 saturated carbocycles. The van der Waals surface area contributed by atoms with Gasteiger partial charge in [-0.3, -0.25) is 0 Å². The molecule has 0 amide bonds. The summed E-state index contributed by atoms with van der Waals surface area (Å²) in [7, 11) is 0. The van der Waals surface area contributed by atoms with Crippen molar-refractivity contribution in [3.8, 4) is 0 Å². The summed E-state index contributed by atoms with van der Waals surface area (Å²) in [6, 6.07) is 5.06. The number of hydrogen-bond donors (Lipinski definition) is 2. The highest BCUT2D eigenvalue weighted by Crippen LogP contribution is 2.33. The summed E-state index contributed by atoms with van der Waals surface area (Å²) in [4.78, 5) is 16.0. The number of carbonyl (C=O) groups is 1. The Kier molecular flexibility index (Phi) is 6.25. The van der Waals surface area contributed by atoms with Gasteiger partial charge in [0, 0.05) is 22.3 Å². The molecule has 0 radical (unpaired) electrons. The standard InChI is InChI=1S/C21H27FN2O3S/c1-2-26-21(25)20-16(19-17(22)6-3-7-18(19)28-20)14-24-10-8-23(9-11-24)13-15-5-4-12-27-15/h3,6-7,15H,2,4-5,8-14H2,1H3/p+2/t15-/m1/s1. The van der Waals surface area contributed by atoms with Gasteiger partial charge in [-0.15, -0.1) is 11.3 Å².